The Kier molecular flexibility index (Phi) is 3.99. The minimum atomic E-state index is -3.28. The molecule has 1 aromatic rings. The summed E-state index contributed by atoms with van der Waals surface area (Å²) in [7, 11) is -1.76. The number of sulfone groups is 1. The van der Waals surface area contributed by atoms with Crippen LogP contribution in [-0.2, 0) is 9.84 Å². The fourth-order valence-electron chi connectivity index (χ4n) is 0.926. The number of hydrogen-bond donors (Lipinski definition) is 0. The molecule has 0 bridgehead atoms. The summed E-state index contributed by atoms with van der Waals surface area (Å²) in [5.74, 6) is 3.15. The van der Waals surface area contributed by atoms with E-state index in [4.69, 9.17) is 4.74 Å². The van der Waals surface area contributed by atoms with Crippen molar-refractivity contribution in [2.24, 2.45) is 0 Å². The van der Waals surface area contributed by atoms with E-state index in [1.54, 1.807) is 12.1 Å². The summed E-state index contributed by atoms with van der Waals surface area (Å²) in [5, 5.41) is 2.18. The number of ether oxygens (including phenoxy) is 1. The molecule has 0 fully saturated rings. The van der Waals surface area contributed by atoms with Crippen LogP contribution in [0.25, 0.3) is 0 Å². The Morgan fingerprint density at radius 3 is 2.60 bits per heavy atom. The van der Waals surface area contributed by atoms with Crippen molar-refractivity contribution in [3.05, 3.63) is 27.3 Å². The van der Waals surface area contributed by atoms with Gasteiger partial charge in [0, 0.05) is 8.82 Å². The highest BCUT2D eigenvalue weighted by Gasteiger charge is 2.01. The van der Waals surface area contributed by atoms with Crippen LogP contribution in [0, 0.1) is 14.7 Å². The van der Waals surface area contributed by atoms with Gasteiger partial charge in [-0.3, -0.25) is 0 Å². The van der Waals surface area contributed by atoms with Crippen molar-refractivity contribution in [2.45, 2.75) is 0 Å². The van der Waals surface area contributed by atoms with Crippen LogP contribution in [0.4, 0.5) is 0 Å². The molecule has 1 rings (SSSR count). The van der Waals surface area contributed by atoms with E-state index in [-0.39, 0.29) is 0 Å². The molecule has 0 aliphatic carbocycles. The molecule has 0 radical (unpaired) electrons. The summed E-state index contributed by atoms with van der Waals surface area (Å²) in [6.45, 7) is 0. The Labute approximate surface area is 103 Å². The highest BCUT2D eigenvalue weighted by Crippen LogP contribution is 2.19. The summed E-state index contributed by atoms with van der Waals surface area (Å²) in [5.41, 5.74) is 0.579. The van der Waals surface area contributed by atoms with Crippen molar-refractivity contribution in [1.29, 1.82) is 0 Å². The molecule has 0 unspecified atom stereocenters. The molecule has 0 aromatic heterocycles. The van der Waals surface area contributed by atoms with E-state index in [1.807, 2.05) is 6.07 Å². The summed E-state index contributed by atoms with van der Waals surface area (Å²) >= 11 is 2.13. The number of hydrogen-bond acceptors (Lipinski definition) is 3. The van der Waals surface area contributed by atoms with Gasteiger partial charge in [-0.2, -0.15) is 0 Å². The number of methoxy groups -OCH3 is 1. The maximum Gasteiger partial charge on any atom is 0.214 e. The third-order valence-electron chi connectivity index (χ3n) is 1.53. The van der Waals surface area contributed by atoms with Crippen molar-refractivity contribution in [3.63, 3.8) is 0 Å². The smallest absolute Gasteiger partial charge is 0.214 e. The van der Waals surface area contributed by atoms with Crippen LogP contribution < -0.4 is 4.74 Å². The summed E-state index contributed by atoms with van der Waals surface area (Å²) in [4.78, 5) is 0. The predicted molar refractivity (Wildman–Crippen MR) is 67.4 cm³/mol. The third kappa shape index (κ3) is 4.10. The lowest BCUT2D eigenvalue weighted by atomic mass is 10.2. The van der Waals surface area contributed by atoms with Crippen LogP contribution in [0.5, 0.6) is 5.75 Å². The zero-order valence-electron chi connectivity index (χ0n) is 8.24. The van der Waals surface area contributed by atoms with E-state index >= 15 is 0 Å². The normalized spacial score (nSPS) is 10.3. The van der Waals surface area contributed by atoms with E-state index in [2.05, 4.69) is 33.8 Å². The molecule has 0 aliphatic heterocycles. The predicted octanol–water partition coefficient (Wildman–Crippen LogP) is 1.65. The Bertz CT molecular complexity index is 523. The number of benzene rings is 1. The molecular formula is C10H9IO3S. The molecule has 0 saturated carbocycles. The van der Waals surface area contributed by atoms with Crippen molar-refractivity contribution in [3.8, 4) is 16.9 Å². The molecule has 3 nitrogen and oxygen atoms in total. The molecular weight excluding hydrogens is 327 g/mol. The molecule has 15 heavy (non-hydrogen) atoms. The number of halogens is 1. The topological polar surface area (TPSA) is 43.4 Å². The van der Waals surface area contributed by atoms with Gasteiger partial charge >= 0.3 is 0 Å². The molecule has 5 heteroatoms. The van der Waals surface area contributed by atoms with Crippen molar-refractivity contribution < 1.29 is 13.2 Å². The Balaban J connectivity index is 3.23. The van der Waals surface area contributed by atoms with Gasteiger partial charge in [0.25, 0.3) is 0 Å². The molecule has 0 aliphatic rings. The second-order valence-corrected chi connectivity index (χ2v) is 5.84. The zero-order chi connectivity index (χ0) is 11.5. The standard InChI is InChI=1S/C10H9IO3S/c1-14-10-4-3-9(11)7-8(10)5-6-15(2,12)13/h3-4,7H,1-2H3. The first-order valence-corrected chi connectivity index (χ1v) is 6.96. The van der Waals surface area contributed by atoms with Gasteiger partial charge in [0.2, 0.25) is 9.84 Å². The summed E-state index contributed by atoms with van der Waals surface area (Å²) in [6, 6.07) is 5.40. The van der Waals surface area contributed by atoms with E-state index in [1.165, 1.54) is 7.11 Å². The van der Waals surface area contributed by atoms with Crippen LogP contribution in [0.2, 0.25) is 0 Å². The lowest BCUT2D eigenvalue weighted by molar-refractivity contribution is 0.413. The van der Waals surface area contributed by atoms with E-state index in [9.17, 15) is 8.42 Å². The SMILES string of the molecule is COc1ccc(I)cc1C#CS(C)(=O)=O. The molecule has 0 saturated heterocycles. The lowest BCUT2D eigenvalue weighted by Crippen LogP contribution is -1.91. The molecule has 1 aromatic carbocycles. The summed E-state index contributed by atoms with van der Waals surface area (Å²) in [6.07, 6.45) is 1.07. The average molecular weight is 336 g/mol. The van der Waals surface area contributed by atoms with Gasteiger partial charge < -0.3 is 4.74 Å². The van der Waals surface area contributed by atoms with Crippen LogP contribution in [-0.4, -0.2) is 21.8 Å². The lowest BCUT2D eigenvalue weighted by Gasteiger charge is -2.02. The fourth-order valence-corrected chi connectivity index (χ4v) is 1.71. The highest BCUT2D eigenvalue weighted by molar-refractivity contribution is 14.1. The van der Waals surface area contributed by atoms with Crippen LogP contribution in [0.15, 0.2) is 18.2 Å². The first-order chi connectivity index (χ1) is 6.92. The Hall–Kier alpha value is -0.740. The van der Waals surface area contributed by atoms with E-state index in [0.717, 1.165) is 9.83 Å². The first-order valence-electron chi connectivity index (χ1n) is 3.99. The van der Waals surface area contributed by atoms with E-state index < -0.39 is 9.84 Å². The number of rotatable bonds is 1. The monoisotopic (exact) mass is 336 g/mol. The second-order valence-electron chi connectivity index (χ2n) is 2.84. The quantitative estimate of drug-likeness (QED) is 0.579. The average Bonchev–Trinajstić information content (AvgIpc) is 2.14. The zero-order valence-corrected chi connectivity index (χ0v) is 11.2. The fraction of sp³-hybridized carbons (Fsp3) is 0.200. The van der Waals surface area contributed by atoms with Crippen molar-refractivity contribution >= 4 is 32.4 Å². The van der Waals surface area contributed by atoms with Crippen LogP contribution in [0.1, 0.15) is 5.56 Å². The maximum absolute atomic E-state index is 10.9. The van der Waals surface area contributed by atoms with Gasteiger partial charge in [-0.15, -0.1) is 0 Å². The van der Waals surface area contributed by atoms with Gasteiger partial charge in [-0.1, -0.05) is 0 Å². The van der Waals surface area contributed by atoms with Gasteiger partial charge in [0.05, 0.1) is 18.9 Å². The molecule has 80 valence electrons. The third-order valence-corrected chi connectivity index (χ3v) is 2.68. The van der Waals surface area contributed by atoms with Crippen LogP contribution in [0.3, 0.4) is 0 Å². The minimum absolute atomic E-state index is 0.576. The Morgan fingerprint density at radius 2 is 2.07 bits per heavy atom. The first kappa shape index (κ1) is 12.3. The molecule has 0 N–H and O–H groups in total. The maximum atomic E-state index is 10.9. The second kappa shape index (κ2) is 4.86. The van der Waals surface area contributed by atoms with Crippen LogP contribution >= 0.6 is 22.6 Å². The van der Waals surface area contributed by atoms with Gasteiger partial charge in [-0.05, 0) is 46.7 Å². The highest BCUT2D eigenvalue weighted by atomic mass is 127. The van der Waals surface area contributed by atoms with Gasteiger partial charge in [0.1, 0.15) is 5.75 Å². The largest absolute Gasteiger partial charge is 0.495 e. The molecule has 0 amide bonds. The van der Waals surface area contributed by atoms with Crippen molar-refractivity contribution in [2.75, 3.05) is 13.4 Å². The van der Waals surface area contributed by atoms with Gasteiger partial charge in [-0.25, -0.2) is 8.42 Å². The van der Waals surface area contributed by atoms with Crippen molar-refractivity contribution in [1.82, 2.24) is 0 Å². The Morgan fingerprint density at radius 1 is 1.40 bits per heavy atom. The summed E-state index contributed by atoms with van der Waals surface area (Å²) < 4.78 is 27.8. The van der Waals surface area contributed by atoms with E-state index in [0.29, 0.717) is 11.3 Å². The van der Waals surface area contributed by atoms with Gasteiger partial charge in [0.15, 0.2) is 0 Å². The molecule has 0 spiro atoms. The molecule has 0 heterocycles. The molecule has 0 atom stereocenters. The minimum Gasteiger partial charge on any atom is -0.495 e.